The maximum absolute atomic E-state index is 12.0. The Morgan fingerprint density at radius 2 is 2.04 bits per heavy atom. The second-order valence-corrected chi connectivity index (χ2v) is 6.57. The number of hydrogen-bond acceptors (Lipinski definition) is 4. The molecule has 1 heterocycles. The minimum absolute atomic E-state index is 0.0173. The largest absolute Gasteiger partial charge is 0.376 e. The Hall–Kier alpha value is -2.55. The van der Waals surface area contributed by atoms with Crippen molar-refractivity contribution in [2.75, 3.05) is 23.3 Å². The number of carbonyl (C=O) groups is 2. The van der Waals surface area contributed by atoms with Crippen LogP contribution in [0.3, 0.4) is 0 Å². The van der Waals surface area contributed by atoms with Gasteiger partial charge in [-0.05, 0) is 43.5 Å². The molecule has 2 N–H and O–H groups in total. The van der Waals surface area contributed by atoms with E-state index in [9.17, 15) is 14.9 Å². The number of amides is 2. The molecule has 0 aromatic heterocycles. The summed E-state index contributed by atoms with van der Waals surface area (Å²) in [6, 6.07) is 9.59. The van der Waals surface area contributed by atoms with Crippen molar-refractivity contribution < 1.29 is 9.59 Å². The molecule has 1 atom stereocenters. The summed E-state index contributed by atoms with van der Waals surface area (Å²) in [7, 11) is 0. The molecule has 0 spiro atoms. The Morgan fingerprint density at radius 1 is 1.38 bits per heavy atom. The van der Waals surface area contributed by atoms with Gasteiger partial charge in [-0.2, -0.15) is 5.26 Å². The van der Waals surface area contributed by atoms with Crippen LogP contribution in [0.2, 0.25) is 0 Å². The minimum Gasteiger partial charge on any atom is -0.376 e. The second kappa shape index (κ2) is 7.35. The van der Waals surface area contributed by atoms with Gasteiger partial charge < -0.3 is 15.5 Å². The number of hydrogen-bond donors (Lipinski definition) is 2. The molecule has 24 heavy (non-hydrogen) atoms. The topological polar surface area (TPSA) is 85.2 Å². The molecule has 2 amide bonds. The molecule has 1 aromatic carbocycles. The molecular formula is C18H24N4O2. The quantitative estimate of drug-likeness (QED) is 0.839. The predicted molar refractivity (Wildman–Crippen MR) is 93.5 cm³/mol. The zero-order valence-electron chi connectivity index (χ0n) is 14.4. The van der Waals surface area contributed by atoms with E-state index >= 15 is 0 Å². The van der Waals surface area contributed by atoms with Crippen molar-refractivity contribution in [3.8, 4) is 6.07 Å². The molecule has 0 bridgehead atoms. The summed E-state index contributed by atoms with van der Waals surface area (Å²) in [4.78, 5) is 25.5. The number of benzene rings is 1. The first-order valence-corrected chi connectivity index (χ1v) is 8.22. The lowest BCUT2D eigenvalue weighted by Gasteiger charge is -2.27. The molecule has 0 saturated carbocycles. The van der Waals surface area contributed by atoms with E-state index in [-0.39, 0.29) is 24.3 Å². The molecule has 1 aliphatic heterocycles. The van der Waals surface area contributed by atoms with E-state index < -0.39 is 5.54 Å². The van der Waals surface area contributed by atoms with Crippen molar-refractivity contribution in [2.24, 2.45) is 5.92 Å². The SMILES string of the molecule is CC(C)[C@@](C)(C#N)NC(=O)CNc1ccc(N2CCCC2=O)cc1. The van der Waals surface area contributed by atoms with E-state index in [4.69, 9.17) is 0 Å². The van der Waals surface area contributed by atoms with Crippen molar-refractivity contribution in [3.63, 3.8) is 0 Å². The summed E-state index contributed by atoms with van der Waals surface area (Å²) < 4.78 is 0. The second-order valence-electron chi connectivity index (χ2n) is 6.57. The first kappa shape index (κ1) is 17.8. The summed E-state index contributed by atoms with van der Waals surface area (Å²) in [5.74, 6) is -0.0603. The van der Waals surface area contributed by atoms with Gasteiger partial charge in [0.1, 0.15) is 5.54 Å². The minimum atomic E-state index is -0.876. The molecule has 1 saturated heterocycles. The van der Waals surface area contributed by atoms with Crippen molar-refractivity contribution in [3.05, 3.63) is 24.3 Å². The number of anilines is 2. The van der Waals surface area contributed by atoms with Crippen molar-refractivity contribution in [2.45, 2.75) is 39.2 Å². The van der Waals surface area contributed by atoms with Crippen LogP contribution >= 0.6 is 0 Å². The fourth-order valence-electron chi connectivity index (χ4n) is 2.50. The van der Waals surface area contributed by atoms with Gasteiger partial charge in [-0.25, -0.2) is 0 Å². The van der Waals surface area contributed by atoms with Crippen LogP contribution in [0.4, 0.5) is 11.4 Å². The monoisotopic (exact) mass is 328 g/mol. The first-order chi connectivity index (χ1) is 11.4. The van der Waals surface area contributed by atoms with Gasteiger partial charge in [0.25, 0.3) is 0 Å². The molecule has 1 fully saturated rings. The fourth-order valence-corrected chi connectivity index (χ4v) is 2.50. The molecule has 0 aliphatic carbocycles. The van der Waals surface area contributed by atoms with E-state index in [1.54, 1.807) is 11.8 Å². The van der Waals surface area contributed by atoms with Gasteiger partial charge in [-0.3, -0.25) is 9.59 Å². The van der Waals surface area contributed by atoms with Crippen LogP contribution in [0.15, 0.2) is 24.3 Å². The molecule has 2 rings (SSSR count). The fraction of sp³-hybridized carbons (Fsp3) is 0.500. The lowest BCUT2D eigenvalue weighted by molar-refractivity contribution is -0.121. The third-order valence-electron chi connectivity index (χ3n) is 4.49. The molecule has 6 heteroatoms. The molecular weight excluding hydrogens is 304 g/mol. The van der Waals surface area contributed by atoms with E-state index in [2.05, 4.69) is 16.7 Å². The lowest BCUT2D eigenvalue weighted by Crippen LogP contribution is -2.50. The highest BCUT2D eigenvalue weighted by Gasteiger charge is 2.29. The zero-order chi connectivity index (χ0) is 17.7. The van der Waals surface area contributed by atoms with Gasteiger partial charge in [0.15, 0.2) is 0 Å². The van der Waals surface area contributed by atoms with Gasteiger partial charge in [0.05, 0.1) is 12.6 Å². The summed E-state index contributed by atoms with van der Waals surface area (Å²) in [5, 5.41) is 15.0. The molecule has 1 aromatic rings. The van der Waals surface area contributed by atoms with Crippen LogP contribution in [-0.4, -0.2) is 30.4 Å². The standard InChI is InChI=1S/C18H24N4O2/c1-13(2)18(3,12-19)21-16(23)11-20-14-6-8-15(9-7-14)22-10-4-5-17(22)24/h6-9,13,20H,4-5,10-11H2,1-3H3,(H,21,23)/t18-/m1/s1. The third kappa shape index (κ3) is 4.05. The van der Waals surface area contributed by atoms with Crippen molar-refractivity contribution in [1.82, 2.24) is 5.32 Å². The predicted octanol–water partition coefficient (Wildman–Crippen LogP) is 2.28. The van der Waals surface area contributed by atoms with Gasteiger partial charge in [0.2, 0.25) is 11.8 Å². The van der Waals surface area contributed by atoms with E-state index in [0.29, 0.717) is 6.42 Å². The van der Waals surface area contributed by atoms with Crippen LogP contribution in [0.25, 0.3) is 0 Å². The number of nitrogens with zero attached hydrogens (tertiary/aromatic N) is 2. The van der Waals surface area contributed by atoms with Crippen LogP contribution in [-0.2, 0) is 9.59 Å². The number of nitriles is 1. The Morgan fingerprint density at radius 3 is 2.54 bits per heavy atom. The highest BCUT2D eigenvalue weighted by Crippen LogP contribution is 2.23. The smallest absolute Gasteiger partial charge is 0.240 e. The number of rotatable bonds is 6. The van der Waals surface area contributed by atoms with Crippen LogP contribution < -0.4 is 15.5 Å². The molecule has 1 aliphatic rings. The Labute approximate surface area is 142 Å². The van der Waals surface area contributed by atoms with Gasteiger partial charge in [-0.1, -0.05) is 13.8 Å². The maximum atomic E-state index is 12.0. The van der Waals surface area contributed by atoms with Gasteiger partial charge in [-0.15, -0.1) is 0 Å². The summed E-state index contributed by atoms with van der Waals surface area (Å²) >= 11 is 0. The van der Waals surface area contributed by atoms with E-state index in [0.717, 1.165) is 24.3 Å². The van der Waals surface area contributed by atoms with E-state index in [1.165, 1.54) is 0 Å². The third-order valence-corrected chi connectivity index (χ3v) is 4.49. The molecule has 6 nitrogen and oxygen atoms in total. The zero-order valence-corrected chi connectivity index (χ0v) is 14.4. The van der Waals surface area contributed by atoms with Gasteiger partial charge in [0, 0.05) is 24.3 Å². The normalized spacial score (nSPS) is 16.6. The molecule has 128 valence electrons. The van der Waals surface area contributed by atoms with Crippen LogP contribution in [0.1, 0.15) is 33.6 Å². The Kier molecular flexibility index (Phi) is 5.45. The van der Waals surface area contributed by atoms with Crippen LogP contribution in [0.5, 0.6) is 0 Å². The highest BCUT2D eigenvalue weighted by molar-refractivity contribution is 5.95. The molecule has 0 unspecified atom stereocenters. The Balaban J connectivity index is 1.89. The number of nitrogens with one attached hydrogen (secondary N) is 2. The van der Waals surface area contributed by atoms with Crippen molar-refractivity contribution >= 4 is 23.2 Å². The first-order valence-electron chi connectivity index (χ1n) is 8.22. The van der Waals surface area contributed by atoms with Crippen molar-refractivity contribution in [1.29, 1.82) is 5.26 Å². The average molecular weight is 328 g/mol. The van der Waals surface area contributed by atoms with Gasteiger partial charge >= 0.3 is 0 Å². The summed E-state index contributed by atoms with van der Waals surface area (Å²) in [6.45, 7) is 6.37. The lowest BCUT2D eigenvalue weighted by atomic mass is 9.90. The Bertz CT molecular complexity index is 648. The van der Waals surface area contributed by atoms with E-state index in [1.807, 2.05) is 38.1 Å². The molecule has 0 radical (unpaired) electrons. The highest BCUT2D eigenvalue weighted by atomic mass is 16.2. The van der Waals surface area contributed by atoms with Crippen LogP contribution in [0, 0.1) is 17.2 Å². The number of carbonyl (C=O) groups excluding carboxylic acids is 2. The summed E-state index contributed by atoms with van der Waals surface area (Å²) in [6.07, 6.45) is 1.50. The maximum Gasteiger partial charge on any atom is 0.240 e. The average Bonchev–Trinajstić information content (AvgIpc) is 2.99. The summed E-state index contributed by atoms with van der Waals surface area (Å²) in [5.41, 5.74) is 0.798.